The lowest BCUT2D eigenvalue weighted by molar-refractivity contribution is 0.177. The van der Waals surface area contributed by atoms with Gasteiger partial charge >= 0.3 is 16.3 Å². The molecule has 0 saturated heterocycles. The molecule has 0 radical (unpaired) electrons. The van der Waals surface area contributed by atoms with Gasteiger partial charge in [0.05, 0.1) is 7.11 Å². The zero-order chi connectivity index (χ0) is 11.9. The molecule has 1 amide bonds. The topological polar surface area (TPSA) is 84.5 Å². The highest BCUT2D eigenvalue weighted by Crippen LogP contribution is 2.05. The maximum Gasteiger partial charge on any atom is 0.421 e. The fraction of sp³-hybridized carbons (Fsp3) is 0.875. The molecule has 0 aromatic rings. The van der Waals surface area contributed by atoms with E-state index in [-0.39, 0.29) is 5.92 Å². The molecule has 0 fully saturated rings. The molecule has 0 heterocycles. The molecular formula is C8H18N2O4S. The minimum atomic E-state index is -3.78. The Labute approximate surface area is 90.6 Å². The molecule has 0 rings (SSSR count). The highest BCUT2D eigenvalue weighted by atomic mass is 32.2. The normalized spacial score (nSPS) is 11.5. The fourth-order valence-corrected chi connectivity index (χ4v) is 1.82. The molecule has 6 nitrogen and oxygen atoms in total. The number of rotatable bonds is 6. The number of ether oxygens (including phenoxy) is 1. The molecular weight excluding hydrogens is 220 g/mol. The van der Waals surface area contributed by atoms with Crippen LogP contribution in [0.15, 0.2) is 0 Å². The quantitative estimate of drug-likeness (QED) is 0.710. The molecule has 0 aliphatic carbocycles. The molecule has 0 aromatic heterocycles. The van der Waals surface area contributed by atoms with Gasteiger partial charge in [-0.15, -0.1) is 0 Å². The molecule has 7 heteroatoms. The predicted molar refractivity (Wildman–Crippen MR) is 56.5 cm³/mol. The Morgan fingerprint density at radius 1 is 1.33 bits per heavy atom. The zero-order valence-electron chi connectivity index (χ0n) is 9.24. The second-order valence-electron chi connectivity index (χ2n) is 3.13. The van der Waals surface area contributed by atoms with Crippen molar-refractivity contribution in [3.63, 3.8) is 0 Å². The van der Waals surface area contributed by atoms with Crippen LogP contribution < -0.4 is 9.44 Å². The highest BCUT2D eigenvalue weighted by Gasteiger charge is 2.15. The van der Waals surface area contributed by atoms with Crippen molar-refractivity contribution in [2.75, 3.05) is 13.7 Å². The molecule has 0 aliphatic rings. The van der Waals surface area contributed by atoms with Gasteiger partial charge in [-0.2, -0.15) is 13.1 Å². The summed E-state index contributed by atoms with van der Waals surface area (Å²) >= 11 is 0. The Bertz CT molecular complexity index is 285. The van der Waals surface area contributed by atoms with E-state index in [0.717, 1.165) is 20.0 Å². The minimum Gasteiger partial charge on any atom is -0.452 e. The monoisotopic (exact) mass is 238 g/mol. The van der Waals surface area contributed by atoms with E-state index in [2.05, 4.69) is 9.46 Å². The van der Waals surface area contributed by atoms with Crippen LogP contribution in [0.3, 0.4) is 0 Å². The average Bonchev–Trinajstić information content (AvgIpc) is 2.18. The van der Waals surface area contributed by atoms with E-state index < -0.39 is 16.3 Å². The molecule has 90 valence electrons. The molecule has 15 heavy (non-hydrogen) atoms. The third kappa shape index (κ3) is 6.29. The van der Waals surface area contributed by atoms with Crippen molar-refractivity contribution in [3.8, 4) is 0 Å². The summed E-state index contributed by atoms with van der Waals surface area (Å²) < 4.78 is 30.6. The standard InChI is InChI=1S/C8H18N2O4S/c1-4-7(5-2)6-9-15(12,13)10-8(11)14-3/h7,9H,4-6H2,1-3H3,(H,10,11). The van der Waals surface area contributed by atoms with Crippen molar-refractivity contribution in [2.24, 2.45) is 5.92 Å². The van der Waals surface area contributed by atoms with Crippen LogP contribution in [0.4, 0.5) is 4.79 Å². The first-order valence-corrected chi connectivity index (χ1v) is 6.28. The molecule has 0 aliphatic heterocycles. The Morgan fingerprint density at radius 2 is 1.87 bits per heavy atom. The number of amides is 1. The van der Waals surface area contributed by atoms with Gasteiger partial charge in [0.25, 0.3) is 0 Å². The average molecular weight is 238 g/mol. The van der Waals surface area contributed by atoms with Gasteiger partial charge in [0, 0.05) is 6.54 Å². The summed E-state index contributed by atoms with van der Waals surface area (Å²) in [5.41, 5.74) is 0. The smallest absolute Gasteiger partial charge is 0.421 e. The number of carbonyl (C=O) groups is 1. The van der Waals surface area contributed by atoms with Crippen LogP contribution in [0, 0.1) is 5.92 Å². The van der Waals surface area contributed by atoms with Gasteiger partial charge in [0.2, 0.25) is 0 Å². The van der Waals surface area contributed by atoms with Gasteiger partial charge in [-0.05, 0) is 5.92 Å². The molecule has 0 bridgehead atoms. The van der Waals surface area contributed by atoms with Crippen LogP contribution >= 0.6 is 0 Å². The third-order valence-corrected chi connectivity index (χ3v) is 3.10. The van der Waals surface area contributed by atoms with Crippen LogP contribution in [0.25, 0.3) is 0 Å². The van der Waals surface area contributed by atoms with Gasteiger partial charge in [-0.3, -0.25) is 0 Å². The van der Waals surface area contributed by atoms with Crippen molar-refractivity contribution in [1.29, 1.82) is 0 Å². The van der Waals surface area contributed by atoms with Gasteiger partial charge in [-0.25, -0.2) is 9.52 Å². The Balaban J connectivity index is 4.10. The molecule has 0 saturated carbocycles. The van der Waals surface area contributed by atoms with E-state index in [1.54, 1.807) is 4.72 Å². The molecule has 0 atom stereocenters. The Hall–Kier alpha value is -0.820. The van der Waals surface area contributed by atoms with E-state index >= 15 is 0 Å². The molecule has 0 spiro atoms. The first-order chi connectivity index (χ1) is 6.95. The number of nitrogens with one attached hydrogen (secondary N) is 2. The lowest BCUT2D eigenvalue weighted by Crippen LogP contribution is -2.41. The van der Waals surface area contributed by atoms with Crippen LogP contribution in [0.5, 0.6) is 0 Å². The van der Waals surface area contributed by atoms with E-state index in [1.807, 2.05) is 13.8 Å². The second-order valence-corrected chi connectivity index (χ2v) is 4.63. The van der Waals surface area contributed by atoms with Crippen molar-refractivity contribution in [1.82, 2.24) is 9.44 Å². The number of carbonyl (C=O) groups excluding carboxylic acids is 1. The number of hydrogen-bond donors (Lipinski definition) is 2. The van der Waals surface area contributed by atoms with Crippen molar-refractivity contribution in [2.45, 2.75) is 26.7 Å². The van der Waals surface area contributed by atoms with E-state index in [1.165, 1.54) is 0 Å². The first kappa shape index (κ1) is 14.2. The number of hydrogen-bond acceptors (Lipinski definition) is 4. The van der Waals surface area contributed by atoms with Crippen LogP contribution in [0.1, 0.15) is 26.7 Å². The van der Waals surface area contributed by atoms with Crippen LogP contribution in [-0.2, 0) is 14.9 Å². The lowest BCUT2D eigenvalue weighted by atomic mass is 10.0. The zero-order valence-corrected chi connectivity index (χ0v) is 10.1. The summed E-state index contributed by atoms with van der Waals surface area (Å²) in [5.74, 6) is 0.277. The fourth-order valence-electron chi connectivity index (χ4n) is 0.992. The second kappa shape index (κ2) is 6.62. The minimum absolute atomic E-state index is 0.277. The highest BCUT2D eigenvalue weighted by molar-refractivity contribution is 7.88. The summed E-state index contributed by atoms with van der Waals surface area (Å²) in [6, 6.07) is 0. The maximum atomic E-state index is 11.2. The largest absolute Gasteiger partial charge is 0.452 e. The first-order valence-electron chi connectivity index (χ1n) is 4.80. The van der Waals surface area contributed by atoms with Crippen molar-refractivity contribution >= 4 is 16.3 Å². The van der Waals surface area contributed by atoms with Gasteiger partial charge in [0.15, 0.2) is 0 Å². The molecule has 0 aromatic carbocycles. The summed E-state index contributed by atoms with van der Waals surface area (Å²) in [5, 5.41) is 0. The molecule has 2 N–H and O–H groups in total. The van der Waals surface area contributed by atoms with Crippen molar-refractivity contribution < 1.29 is 17.9 Å². The maximum absolute atomic E-state index is 11.2. The van der Waals surface area contributed by atoms with Gasteiger partial charge in [-0.1, -0.05) is 26.7 Å². The molecule has 0 unspecified atom stereocenters. The van der Waals surface area contributed by atoms with Crippen LogP contribution in [0.2, 0.25) is 0 Å². The predicted octanol–water partition coefficient (Wildman–Crippen LogP) is 0.613. The summed E-state index contributed by atoms with van der Waals surface area (Å²) in [6.07, 6.45) is 0.779. The number of methoxy groups -OCH3 is 1. The van der Waals surface area contributed by atoms with Gasteiger partial charge in [0.1, 0.15) is 0 Å². The summed E-state index contributed by atoms with van der Waals surface area (Å²) in [7, 11) is -2.68. The third-order valence-electron chi connectivity index (χ3n) is 2.12. The summed E-state index contributed by atoms with van der Waals surface area (Å²) in [6.45, 7) is 4.28. The Kier molecular flexibility index (Phi) is 6.26. The van der Waals surface area contributed by atoms with E-state index in [9.17, 15) is 13.2 Å². The Morgan fingerprint density at radius 3 is 2.27 bits per heavy atom. The van der Waals surface area contributed by atoms with E-state index in [0.29, 0.717) is 6.54 Å². The van der Waals surface area contributed by atoms with Gasteiger partial charge < -0.3 is 4.74 Å². The van der Waals surface area contributed by atoms with Crippen molar-refractivity contribution in [3.05, 3.63) is 0 Å². The summed E-state index contributed by atoms with van der Waals surface area (Å²) in [4.78, 5) is 10.7. The SMILES string of the molecule is CCC(CC)CNS(=O)(=O)NC(=O)OC. The van der Waals surface area contributed by atoms with Crippen LogP contribution in [-0.4, -0.2) is 28.2 Å². The lowest BCUT2D eigenvalue weighted by Gasteiger charge is -2.13. The van der Waals surface area contributed by atoms with E-state index in [4.69, 9.17) is 0 Å².